The van der Waals surface area contributed by atoms with Gasteiger partial charge in [-0.25, -0.2) is 0 Å². The van der Waals surface area contributed by atoms with E-state index < -0.39 is 0 Å². The van der Waals surface area contributed by atoms with Crippen LogP contribution in [0.15, 0.2) is 42.0 Å². The average Bonchev–Trinajstić information content (AvgIpc) is 2.30. The number of allylic oxidation sites excluding steroid dienone is 1. The van der Waals surface area contributed by atoms with E-state index in [2.05, 4.69) is 44.2 Å². The highest BCUT2D eigenvalue weighted by Crippen LogP contribution is 2.33. The van der Waals surface area contributed by atoms with Gasteiger partial charge >= 0.3 is 0 Å². The zero-order valence-electron chi connectivity index (χ0n) is 10.1. The summed E-state index contributed by atoms with van der Waals surface area (Å²) >= 11 is 0. The van der Waals surface area contributed by atoms with Gasteiger partial charge in [-0.1, -0.05) is 50.3 Å². The molecule has 0 fully saturated rings. The standard InChI is InChI=1S/C15H20O/c1-11(2)14-10-13(8-9-15(14)16)12-6-4-3-5-7-12/h3-7,10-11,13,15-16H,8-9H2,1-2H3/t13-,15-/m1/s1. The lowest BCUT2D eigenvalue weighted by Gasteiger charge is -2.28. The first-order valence-corrected chi connectivity index (χ1v) is 6.13. The molecule has 0 saturated carbocycles. The van der Waals surface area contributed by atoms with Crippen LogP contribution in [0.4, 0.5) is 0 Å². The largest absolute Gasteiger partial charge is 0.389 e. The van der Waals surface area contributed by atoms with Crippen LogP contribution in [0.25, 0.3) is 0 Å². The predicted octanol–water partition coefficient (Wildman–Crippen LogP) is 3.51. The molecule has 1 nitrogen and oxygen atoms in total. The maximum atomic E-state index is 9.94. The molecule has 16 heavy (non-hydrogen) atoms. The molecule has 1 aromatic rings. The summed E-state index contributed by atoms with van der Waals surface area (Å²) in [5.74, 6) is 0.934. The van der Waals surface area contributed by atoms with Crippen LogP contribution in [0.2, 0.25) is 0 Å². The van der Waals surface area contributed by atoms with Crippen molar-refractivity contribution in [3.05, 3.63) is 47.5 Å². The topological polar surface area (TPSA) is 20.2 Å². The van der Waals surface area contributed by atoms with Crippen molar-refractivity contribution >= 4 is 0 Å². The van der Waals surface area contributed by atoms with Crippen molar-refractivity contribution in [2.45, 2.75) is 38.7 Å². The Morgan fingerprint density at radius 1 is 1.12 bits per heavy atom. The van der Waals surface area contributed by atoms with Crippen LogP contribution in [-0.4, -0.2) is 11.2 Å². The predicted molar refractivity (Wildman–Crippen MR) is 67.3 cm³/mol. The Labute approximate surface area is 97.8 Å². The Kier molecular flexibility index (Phi) is 3.45. The third-order valence-electron chi connectivity index (χ3n) is 3.42. The normalized spacial score (nSPS) is 25.6. The minimum Gasteiger partial charge on any atom is -0.389 e. The molecule has 0 unspecified atom stereocenters. The van der Waals surface area contributed by atoms with Gasteiger partial charge in [-0.2, -0.15) is 0 Å². The molecular formula is C15H20O. The summed E-state index contributed by atoms with van der Waals surface area (Å²) in [5.41, 5.74) is 2.58. The molecule has 2 rings (SSSR count). The van der Waals surface area contributed by atoms with Crippen molar-refractivity contribution in [2.75, 3.05) is 0 Å². The number of hydrogen-bond donors (Lipinski definition) is 1. The molecule has 0 bridgehead atoms. The Hall–Kier alpha value is -1.08. The van der Waals surface area contributed by atoms with Gasteiger partial charge in [0, 0.05) is 5.92 Å². The Morgan fingerprint density at radius 2 is 1.81 bits per heavy atom. The molecule has 0 saturated heterocycles. The van der Waals surface area contributed by atoms with E-state index in [0.29, 0.717) is 11.8 Å². The molecule has 2 atom stereocenters. The molecule has 1 aromatic carbocycles. The molecule has 0 heterocycles. The van der Waals surface area contributed by atoms with Crippen LogP contribution in [0.1, 0.15) is 38.2 Å². The number of aliphatic hydroxyl groups excluding tert-OH is 1. The summed E-state index contributed by atoms with van der Waals surface area (Å²) in [6.07, 6.45) is 4.00. The van der Waals surface area contributed by atoms with Crippen molar-refractivity contribution < 1.29 is 5.11 Å². The second-order valence-corrected chi connectivity index (χ2v) is 4.93. The van der Waals surface area contributed by atoms with E-state index in [9.17, 15) is 5.11 Å². The fourth-order valence-corrected chi connectivity index (χ4v) is 2.47. The monoisotopic (exact) mass is 216 g/mol. The summed E-state index contributed by atoms with van der Waals surface area (Å²) in [6.45, 7) is 4.31. The number of aliphatic hydroxyl groups is 1. The minimum absolute atomic E-state index is 0.222. The van der Waals surface area contributed by atoms with Crippen molar-refractivity contribution in [3.8, 4) is 0 Å². The van der Waals surface area contributed by atoms with E-state index in [1.165, 1.54) is 11.1 Å². The van der Waals surface area contributed by atoms with Crippen molar-refractivity contribution in [1.82, 2.24) is 0 Å². The van der Waals surface area contributed by atoms with Gasteiger partial charge < -0.3 is 5.11 Å². The van der Waals surface area contributed by atoms with Crippen LogP contribution in [0.5, 0.6) is 0 Å². The Morgan fingerprint density at radius 3 is 2.44 bits per heavy atom. The van der Waals surface area contributed by atoms with Crippen LogP contribution in [-0.2, 0) is 0 Å². The number of rotatable bonds is 2. The molecule has 1 aliphatic rings. The highest BCUT2D eigenvalue weighted by Gasteiger charge is 2.23. The van der Waals surface area contributed by atoms with E-state index in [1.807, 2.05) is 6.07 Å². The van der Waals surface area contributed by atoms with Crippen LogP contribution in [0.3, 0.4) is 0 Å². The summed E-state index contributed by atoms with van der Waals surface area (Å²) in [7, 11) is 0. The highest BCUT2D eigenvalue weighted by atomic mass is 16.3. The van der Waals surface area contributed by atoms with Crippen LogP contribution >= 0.6 is 0 Å². The first-order chi connectivity index (χ1) is 7.68. The minimum atomic E-state index is -0.222. The van der Waals surface area contributed by atoms with Gasteiger partial charge in [0.05, 0.1) is 6.10 Å². The van der Waals surface area contributed by atoms with Gasteiger partial charge in [0.15, 0.2) is 0 Å². The van der Waals surface area contributed by atoms with Gasteiger partial charge in [-0.3, -0.25) is 0 Å². The van der Waals surface area contributed by atoms with Crippen molar-refractivity contribution in [3.63, 3.8) is 0 Å². The van der Waals surface area contributed by atoms with E-state index in [4.69, 9.17) is 0 Å². The van der Waals surface area contributed by atoms with Crippen molar-refractivity contribution in [1.29, 1.82) is 0 Å². The summed E-state index contributed by atoms with van der Waals surface area (Å²) < 4.78 is 0. The Balaban J connectivity index is 2.25. The zero-order chi connectivity index (χ0) is 11.5. The zero-order valence-corrected chi connectivity index (χ0v) is 10.1. The van der Waals surface area contributed by atoms with Gasteiger partial charge in [0.1, 0.15) is 0 Å². The molecular weight excluding hydrogens is 196 g/mol. The SMILES string of the molecule is CC(C)C1=C[C@H](c2ccccc2)CC[C@H]1O. The molecule has 0 amide bonds. The molecule has 0 radical (unpaired) electrons. The second-order valence-electron chi connectivity index (χ2n) is 4.93. The first-order valence-electron chi connectivity index (χ1n) is 6.13. The molecule has 1 heteroatoms. The molecule has 86 valence electrons. The maximum absolute atomic E-state index is 9.94. The second kappa shape index (κ2) is 4.84. The third-order valence-corrected chi connectivity index (χ3v) is 3.42. The lowest BCUT2D eigenvalue weighted by atomic mass is 9.80. The van der Waals surface area contributed by atoms with E-state index in [0.717, 1.165) is 12.8 Å². The molecule has 0 spiro atoms. The Bertz CT molecular complexity index is 364. The average molecular weight is 216 g/mol. The molecule has 0 aromatic heterocycles. The maximum Gasteiger partial charge on any atom is 0.0753 e. The quantitative estimate of drug-likeness (QED) is 0.750. The molecule has 0 aliphatic heterocycles. The van der Waals surface area contributed by atoms with Crippen LogP contribution < -0.4 is 0 Å². The highest BCUT2D eigenvalue weighted by molar-refractivity contribution is 5.29. The summed E-state index contributed by atoms with van der Waals surface area (Å²) in [4.78, 5) is 0. The number of hydrogen-bond acceptors (Lipinski definition) is 1. The first kappa shape index (κ1) is 11.4. The van der Waals surface area contributed by atoms with Crippen LogP contribution in [0, 0.1) is 5.92 Å². The lowest BCUT2D eigenvalue weighted by molar-refractivity contribution is 0.177. The third kappa shape index (κ3) is 2.35. The molecule has 1 N–H and O–H groups in total. The van der Waals surface area contributed by atoms with Gasteiger partial charge in [0.25, 0.3) is 0 Å². The van der Waals surface area contributed by atoms with E-state index >= 15 is 0 Å². The molecule has 1 aliphatic carbocycles. The summed E-state index contributed by atoms with van der Waals surface area (Å²) in [6, 6.07) is 10.6. The van der Waals surface area contributed by atoms with E-state index in [1.54, 1.807) is 0 Å². The van der Waals surface area contributed by atoms with Gasteiger partial charge in [-0.05, 0) is 29.9 Å². The fourth-order valence-electron chi connectivity index (χ4n) is 2.47. The summed E-state index contributed by atoms with van der Waals surface area (Å²) in [5, 5.41) is 9.94. The number of benzene rings is 1. The van der Waals surface area contributed by atoms with Gasteiger partial charge in [-0.15, -0.1) is 0 Å². The fraction of sp³-hybridized carbons (Fsp3) is 0.467. The van der Waals surface area contributed by atoms with Crippen molar-refractivity contribution in [2.24, 2.45) is 5.92 Å². The van der Waals surface area contributed by atoms with Gasteiger partial charge in [0.2, 0.25) is 0 Å². The lowest BCUT2D eigenvalue weighted by Crippen LogP contribution is -2.21. The smallest absolute Gasteiger partial charge is 0.0753 e. The van der Waals surface area contributed by atoms with E-state index in [-0.39, 0.29) is 6.10 Å².